The third-order valence-corrected chi connectivity index (χ3v) is 54.0. The maximum absolute atomic E-state index is 8.18. The average molecular weight is 636 g/mol. The molecule has 164 valence electrons. The van der Waals surface area contributed by atoms with E-state index in [1.165, 1.54) is 69.8 Å². The minimum absolute atomic E-state index is 0.00997. The average Bonchev–Trinajstić information content (AvgIpc) is 3.24. The Kier molecular flexibility index (Phi) is 6.69. The molecule has 2 unspecified atom stereocenters. The van der Waals surface area contributed by atoms with E-state index in [0.29, 0.717) is 0 Å². The third-order valence-electron chi connectivity index (χ3n) is 7.44. The Labute approximate surface area is 197 Å². The molecule has 0 aromatic heterocycles. The molecule has 0 fully saturated rings. The Morgan fingerprint density at radius 2 is 1.26 bits per heavy atom. The molecule has 4 heteroatoms. The number of benzene rings is 2. The van der Waals surface area contributed by atoms with E-state index < -0.39 is 14.8 Å². The van der Waals surface area contributed by atoms with Crippen LogP contribution < -0.4 is 0 Å². The second kappa shape index (κ2) is 8.74. The first kappa shape index (κ1) is 23.7. The van der Waals surface area contributed by atoms with Gasteiger partial charge in [0.15, 0.2) is 0 Å². The molecule has 0 N–H and O–H groups in total. The van der Waals surface area contributed by atoms with Crippen LogP contribution in [-0.2, 0) is 14.8 Å². The predicted octanol–water partition coefficient (Wildman–Crippen LogP) is 8.88. The monoisotopic (exact) mass is 636 g/mol. The van der Waals surface area contributed by atoms with Crippen molar-refractivity contribution in [2.45, 2.75) is 67.3 Å². The number of rotatable bonds is 6. The molecule has 31 heavy (non-hydrogen) atoms. The minimum atomic E-state index is -4.55. The van der Waals surface area contributed by atoms with Crippen molar-refractivity contribution in [3.8, 4) is 0 Å². The molecule has 2 aliphatic rings. The molecule has 2 aromatic rings. The summed E-state index contributed by atoms with van der Waals surface area (Å²) >= 11 is -4.55. The van der Waals surface area contributed by atoms with Gasteiger partial charge in [-0.15, -0.1) is 0 Å². The van der Waals surface area contributed by atoms with Crippen LogP contribution in [-0.4, -0.2) is 6.22 Å². The van der Waals surface area contributed by atoms with Gasteiger partial charge in [0.1, 0.15) is 0 Å². The molecule has 0 spiro atoms. The third kappa shape index (κ3) is 3.94. The number of halogens is 2. The van der Waals surface area contributed by atoms with Gasteiger partial charge < -0.3 is 0 Å². The van der Waals surface area contributed by atoms with E-state index in [9.17, 15) is 0 Å². The number of unbranched alkanes of at least 4 members (excludes halogenated alkanes) is 2. The second-order valence-corrected chi connectivity index (χ2v) is 59.6. The van der Waals surface area contributed by atoms with E-state index >= 15 is 0 Å². The molecular formula is C27H34Cl2HfSi. The molecule has 2 aromatic carbocycles. The first-order valence-electron chi connectivity index (χ1n) is 11.7. The van der Waals surface area contributed by atoms with Crippen LogP contribution in [0.15, 0.2) is 47.5 Å². The van der Waals surface area contributed by atoms with Gasteiger partial charge >= 0.3 is 198 Å². The van der Waals surface area contributed by atoms with Gasteiger partial charge in [-0.2, -0.15) is 0 Å². The van der Waals surface area contributed by atoms with Crippen molar-refractivity contribution >= 4 is 35.5 Å². The fourth-order valence-corrected chi connectivity index (χ4v) is 57.0. The Morgan fingerprint density at radius 3 is 1.71 bits per heavy atom. The number of allylic oxidation sites excluding steroid dienone is 2. The van der Waals surface area contributed by atoms with Crippen LogP contribution >= 0.6 is 17.2 Å². The van der Waals surface area contributed by atoms with Crippen LogP contribution in [0, 0.1) is 13.8 Å². The Bertz CT molecular complexity index is 1090. The number of hydrogen-bond acceptors (Lipinski definition) is 0. The van der Waals surface area contributed by atoms with E-state index in [-0.39, 0.29) is 13.6 Å². The molecule has 2 atom stereocenters. The fraction of sp³-hybridized carbons (Fsp3) is 0.407. The van der Waals surface area contributed by atoms with E-state index in [2.05, 4.69) is 83.2 Å². The van der Waals surface area contributed by atoms with Gasteiger partial charge in [-0.05, 0) is 0 Å². The quantitative estimate of drug-likeness (QED) is 0.220. The summed E-state index contributed by atoms with van der Waals surface area (Å²) in [6.07, 6.45) is 8.54. The number of fused-ring (bicyclic) bond motifs is 2. The summed E-state index contributed by atoms with van der Waals surface area (Å²) in [7, 11) is 16.4. The summed E-state index contributed by atoms with van der Waals surface area (Å²) in [5, 5.41) is 0. The first-order chi connectivity index (χ1) is 14.7. The summed E-state index contributed by atoms with van der Waals surface area (Å²) < 4.78 is 0.457. The molecule has 0 saturated heterocycles. The number of aryl methyl sites for hydroxylation is 2. The zero-order valence-corrected chi connectivity index (χ0v) is 25.7. The van der Waals surface area contributed by atoms with Crippen molar-refractivity contribution in [1.29, 1.82) is 0 Å². The summed E-state index contributed by atoms with van der Waals surface area (Å²) in [4.78, 5) is 0. The van der Waals surface area contributed by atoms with Crippen molar-refractivity contribution in [3.63, 3.8) is 0 Å². The van der Waals surface area contributed by atoms with Crippen molar-refractivity contribution in [1.82, 2.24) is 0 Å². The standard InChI is InChI=1S/2C11H11.C5H12Si.2ClH.Hf/c2*1-8-6-10-5-3-4-9(2)11(10)7-8;1-2-3-4-5-6;;;/h2*3-7H,1-2H3;6H,2-5H2,1H3;2*1H;/q;;;;;+2/p-2. The first-order valence-corrected chi connectivity index (χ1v) is 32.3. The molecule has 0 aliphatic heterocycles. The van der Waals surface area contributed by atoms with Gasteiger partial charge in [0.25, 0.3) is 0 Å². The maximum atomic E-state index is 8.18. The van der Waals surface area contributed by atoms with Crippen molar-refractivity contribution in [2.75, 3.05) is 0 Å². The van der Waals surface area contributed by atoms with Crippen molar-refractivity contribution in [3.05, 3.63) is 80.9 Å². The zero-order valence-electron chi connectivity index (χ0n) is 19.4. The van der Waals surface area contributed by atoms with Gasteiger partial charge in [-0.3, -0.25) is 0 Å². The molecule has 0 bridgehead atoms. The normalized spacial score (nSPS) is 20.3. The summed E-state index contributed by atoms with van der Waals surface area (Å²) in [5.74, 6) is 0. The topological polar surface area (TPSA) is 0 Å². The van der Waals surface area contributed by atoms with Crippen molar-refractivity contribution < 1.29 is 14.8 Å². The van der Waals surface area contributed by atoms with Crippen LogP contribution in [0.5, 0.6) is 0 Å². The number of hydrogen-bond donors (Lipinski definition) is 0. The van der Waals surface area contributed by atoms with Crippen LogP contribution in [0.1, 0.15) is 80.8 Å². The van der Waals surface area contributed by atoms with Gasteiger partial charge in [0.05, 0.1) is 0 Å². The van der Waals surface area contributed by atoms with Gasteiger partial charge in [0, 0.05) is 0 Å². The molecule has 0 heterocycles. The van der Waals surface area contributed by atoms with Crippen molar-refractivity contribution in [2.24, 2.45) is 0 Å². The van der Waals surface area contributed by atoms with Gasteiger partial charge in [0.2, 0.25) is 0 Å². The molecule has 0 radical (unpaired) electrons. The van der Waals surface area contributed by atoms with Crippen LogP contribution in [0.4, 0.5) is 0 Å². The van der Waals surface area contributed by atoms with Gasteiger partial charge in [-0.25, -0.2) is 0 Å². The van der Waals surface area contributed by atoms with Gasteiger partial charge in [-0.1, -0.05) is 0 Å². The Hall–Kier alpha value is -0.413. The molecular weight excluding hydrogens is 602 g/mol. The molecule has 4 rings (SSSR count). The zero-order chi connectivity index (χ0) is 22.4. The van der Waals surface area contributed by atoms with E-state index in [4.69, 9.17) is 17.2 Å². The molecule has 0 saturated carbocycles. The summed E-state index contributed by atoms with van der Waals surface area (Å²) in [5.41, 5.74) is 11.0. The van der Waals surface area contributed by atoms with E-state index in [0.717, 1.165) is 0 Å². The summed E-state index contributed by atoms with van der Waals surface area (Å²) in [6, 6.07) is 14.6. The predicted molar refractivity (Wildman–Crippen MR) is 138 cm³/mol. The Morgan fingerprint density at radius 1 is 0.774 bits per heavy atom. The van der Waals surface area contributed by atoms with Crippen LogP contribution in [0.2, 0.25) is 6.04 Å². The fourth-order valence-electron chi connectivity index (χ4n) is 6.06. The SMILES string of the molecule is CCCCC[SiH]=[Hf]([Cl])([Cl])([CH]1C(C)=Cc2c(C)cccc21)[CH]1C(C)=Cc2c(C)cccc21. The van der Waals surface area contributed by atoms with Crippen LogP contribution in [0.25, 0.3) is 12.2 Å². The second-order valence-electron chi connectivity index (χ2n) is 9.72. The molecule has 0 amide bonds. The Balaban J connectivity index is 1.97. The summed E-state index contributed by atoms with van der Waals surface area (Å²) in [6.45, 7) is 11.3. The van der Waals surface area contributed by atoms with E-state index in [1.54, 1.807) is 0 Å². The van der Waals surface area contributed by atoms with Crippen LogP contribution in [0.3, 0.4) is 0 Å². The van der Waals surface area contributed by atoms with E-state index in [1.807, 2.05) is 0 Å². The molecule has 0 nitrogen and oxygen atoms in total. The molecule has 2 aliphatic carbocycles.